The molecule has 3 aromatic rings. The molecule has 0 aliphatic carbocycles. The van der Waals surface area contributed by atoms with Crippen LogP contribution >= 0.6 is 0 Å². The molecule has 4 heterocycles. The van der Waals surface area contributed by atoms with Gasteiger partial charge in [0.05, 0.1) is 5.69 Å². The first-order valence-corrected chi connectivity index (χ1v) is 7.50. The number of aromatic nitrogens is 5. The van der Waals surface area contributed by atoms with Crippen LogP contribution in [0.4, 0.5) is 11.8 Å². The molecule has 0 aromatic carbocycles. The molecule has 0 spiro atoms. The van der Waals surface area contributed by atoms with E-state index in [9.17, 15) is 0 Å². The van der Waals surface area contributed by atoms with Crippen molar-refractivity contribution >= 4 is 22.9 Å². The number of aromatic amines is 1. The van der Waals surface area contributed by atoms with Gasteiger partial charge >= 0.3 is 0 Å². The lowest BCUT2D eigenvalue weighted by Gasteiger charge is -2.13. The predicted octanol–water partition coefficient (Wildman–Crippen LogP) is 0.803. The fourth-order valence-electron chi connectivity index (χ4n) is 3.06. The zero-order valence-electron chi connectivity index (χ0n) is 12.8. The molecule has 0 saturated carbocycles. The maximum atomic E-state index is 5.87. The average Bonchev–Trinajstić information content (AvgIpc) is 3.19. The first-order valence-electron chi connectivity index (χ1n) is 7.50. The Labute approximate surface area is 132 Å². The zero-order chi connectivity index (χ0) is 16.0. The summed E-state index contributed by atoms with van der Waals surface area (Å²) in [6, 6.07) is 0. The minimum absolute atomic E-state index is 0.141. The molecule has 0 amide bonds. The van der Waals surface area contributed by atoms with Crippen LogP contribution in [-0.4, -0.2) is 42.9 Å². The highest BCUT2D eigenvalue weighted by molar-refractivity contribution is 5.82. The molecule has 120 valence electrons. The van der Waals surface area contributed by atoms with Gasteiger partial charge in [0.2, 0.25) is 5.95 Å². The molecule has 1 atom stereocenters. The third-order valence-corrected chi connectivity index (χ3v) is 4.13. The Morgan fingerprint density at radius 2 is 2.17 bits per heavy atom. The summed E-state index contributed by atoms with van der Waals surface area (Å²) in [5, 5.41) is 0. The number of H-pyrrole nitrogens is 1. The Balaban J connectivity index is 1.52. The summed E-state index contributed by atoms with van der Waals surface area (Å²) in [7, 11) is 0. The van der Waals surface area contributed by atoms with Gasteiger partial charge in [-0.1, -0.05) is 0 Å². The fraction of sp³-hybridized carbons (Fsp3) is 0.429. The van der Waals surface area contributed by atoms with Gasteiger partial charge in [-0.3, -0.25) is 4.90 Å². The van der Waals surface area contributed by atoms with Crippen molar-refractivity contribution in [2.75, 3.05) is 24.6 Å². The van der Waals surface area contributed by atoms with E-state index in [0.717, 1.165) is 37.6 Å². The molecule has 1 aliphatic rings. The number of hydrogen-bond donors (Lipinski definition) is 3. The third kappa shape index (κ3) is 2.59. The van der Waals surface area contributed by atoms with Crippen LogP contribution in [0.5, 0.6) is 0 Å². The Hall–Kier alpha value is -2.68. The smallest absolute Gasteiger partial charge is 0.224 e. The van der Waals surface area contributed by atoms with Crippen LogP contribution in [0.25, 0.3) is 11.2 Å². The number of likely N-dealkylation sites (tertiary alicyclic amines) is 1. The van der Waals surface area contributed by atoms with Gasteiger partial charge in [0.1, 0.15) is 17.6 Å². The molecular weight excluding hydrogens is 296 g/mol. The predicted molar refractivity (Wildman–Crippen MR) is 84.4 cm³/mol. The van der Waals surface area contributed by atoms with E-state index >= 15 is 0 Å². The van der Waals surface area contributed by atoms with Crippen molar-refractivity contribution in [3.05, 3.63) is 23.7 Å². The molecule has 4 rings (SSSR count). The van der Waals surface area contributed by atoms with Gasteiger partial charge < -0.3 is 20.9 Å². The molecule has 1 saturated heterocycles. The second kappa shape index (κ2) is 5.20. The van der Waals surface area contributed by atoms with E-state index in [4.69, 9.17) is 15.9 Å². The first kappa shape index (κ1) is 13.9. The van der Waals surface area contributed by atoms with Gasteiger partial charge in [-0.25, -0.2) is 9.97 Å². The van der Waals surface area contributed by atoms with Gasteiger partial charge in [-0.15, -0.1) is 0 Å². The number of nitrogens with two attached hydrogens (primary N) is 2. The highest BCUT2D eigenvalue weighted by atomic mass is 16.3. The van der Waals surface area contributed by atoms with E-state index in [1.807, 2.05) is 6.92 Å². The minimum Gasteiger partial charge on any atom is -0.449 e. The third-order valence-electron chi connectivity index (χ3n) is 4.13. The molecular formula is C14H18N8O. The molecule has 9 heteroatoms. The summed E-state index contributed by atoms with van der Waals surface area (Å²) in [5.74, 6) is 2.35. The van der Waals surface area contributed by atoms with E-state index in [2.05, 4.69) is 29.8 Å². The second-order valence-corrected chi connectivity index (χ2v) is 5.87. The van der Waals surface area contributed by atoms with Gasteiger partial charge in [0, 0.05) is 25.9 Å². The van der Waals surface area contributed by atoms with Gasteiger partial charge in [-0.2, -0.15) is 9.97 Å². The lowest BCUT2D eigenvalue weighted by atomic mass is 10.1. The average molecular weight is 314 g/mol. The largest absolute Gasteiger partial charge is 0.449 e. The second-order valence-electron chi connectivity index (χ2n) is 5.87. The van der Waals surface area contributed by atoms with Crippen LogP contribution in [0.1, 0.15) is 29.7 Å². The van der Waals surface area contributed by atoms with Crippen molar-refractivity contribution in [1.29, 1.82) is 0 Å². The van der Waals surface area contributed by atoms with E-state index in [-0.39, 0.29) is 5.95 Å². The number of nitrogens with one attached hydrogen (secondary N) is 1. The molecule has 0 radical (unpaired) electrons. The molecule has 23 heavy (non-hydrogen) atoms. The van der Waals surface area contributed by atoms with E-state index in [1.165, 1.54) is 0 Å². The van der Waals surface area contributed by atoms with Gasteiger partial charge in [-0.05, 0) is 13.0 Å². The summed E-state index contributed by atoms with van der Waals surface area (Å²) in [6.45, 7) is 4.51. The number of hydrogen-bond acceptors (Lipinski definition) is 8. The molecule has 5 N–H and O–H groups in total. The Morgan fingerprint density at radius 1 is 1.30 bits per heavy atom. The van der Waals surface area contributed by atoms with Crippen molar-refractivity contribution in [2.24, 2.45) is 0 Å². The first-order chi connectivity index (χ1) is 11.1. The number of nitrogens with zero attached hydrogens (tertiary/aromatic N) is 5. The topological polar surface area (TPSA) is 136 Å². The van der Waals surface area contributed by atoms with Crippen molar-refractivity contribution in [1.82, 2.24) is 29.8 Å². The number of anilines is 2. The number of fused-ring (bicyclic) bond motifs is 1. The van der Waals surface area contributed by atoms with E-state index in [0.29, 0.717) is 28.8 Å². The Kier molecular flexibility index (Phi) is 3.15. The zero-order valence-corrected chi connectivity index (χ0v) is 12.8. The normalized spacial score (nSPS) is 18.9. The van der Waals surface area contributed by atoms with Crippen molar-refractivity contribution in [3.63, 3.8) is 0 Å². The van der Waals surface area contributed by atoms with Crippen LogP contribution in [0.15, 0.2) is 10.7 Å². The number of nitrogen functional groups attached to an aromatic ring is 2. The molecule has 1 fully saturated rings. The molecule has 1 aliphatic heterocycles. The molecule has 9 nitrogen and oxygen atoms in total. The van der Waals surface area contributed by atoms with Crippen LogP contribution in [0, 0.1) is 6.92 Å². The maximum Gasteiger partial charge on any atom is 0.224 e. The minimum atomic E-state index is 0.141. The van der Waals surface area contributed by atoms with E-state index < -0.39 is 0 Å². The number of rotatable bonds is 3. The number of imidazole rings is 1. The summed E-state index contributed by atoms with van der Waals surface area (Å²) in [6.07, 6.45) is 2.72. The summed E-state index contributed by atoms with van der Waals surface area (Å²) < 4.78 is 5.25. The maximum absolute atomic E-state index is 5.87. The lowest BCUT2D eigenvalue weighted by molar-refractivity contribution is 0.321. The fourth-order valence-corrected chi connectivity index (χ4v) is 3.06. The lowest BCUT2D eigenvalue weighted by Crippen LogP contribution is -2.20. The Bertz CT molecular complexity index is 854. The summed E-state index contributed by atoms with van der Waals surface area (Å²) >= 11 is 0. The molecule has 0 bridgehead atoms. The highest BCUT2D eigenvalue weighted by Gasteiger charge is 2.27. The standard InChI is InChI=1S/C14H18N8O/c1-7-17-9(6-23-7)5-22-3-2-8(4-22)12-18-10-11(15)19-14(16)21-13(10)20-12/h6,8H,2-5H2,1H3,(H5,15,16,18,19,20,21). The monoisotopic (exact) mass is 314 g/mol. The number of oxazole rings is 1. The number of aryl methyl sites for hydroxylation is 1. The van der Waals surface area contributed by atoms with Crippen LogP contribution in [-0.2, 0) is 6.54 Å². The van der Waals surface area contributed by atoms with Crippen LogP contribution < -0.4 is 11.5 Å². The Morgan fingerprint density at radius 3 is 2.96 bits per heavy atom. The van der Waals surface area contributed by atoms with Gasteiger partial charge in [0.25, 0.3) is 0 Å². The highest BCUT2D eigenvalue weighted by Crippen LogP contribution is 2.28. The van der Waals surface area contributed by atoms with E-state index in [1.54, 1.807) is 6.26 Å². The van der Waals surface area contributed by atoms with Crippen molar-refractivity contribution in [2.45, 2.75) is 25.8 Å². The summed E-state index contributed by atoms with van der Waals surface area (Å²) in [5.41, 5.74) is 13.6. The van der Waals surface area contributed by atoms with Crippen LogP contribution in [0.2, 0.25) is 0 Å². The summed E-state index contributed by atoms with van der Waals surface area (Å²) in [4.78, 5) is 22.5. The van der Waals surface area contributed by atoms with Gasteiger partial charge in [0.15, 0.2) is 17.4 Å². The van der Waals surface area contributed by atoms with Crippen molar-refractivity contribution in [3.8, 4) is 0 Å². The SMILES string of the molecule is Cc1nc(CN2CCC(c3nc4nc(N)nc(N)c4[nH]3)C2)co1. The van der Waals surface area contributed by atoms with Crippen molar-refractivity contribution < 1.29 is 4.42 Å². The van der Waals surface area contributed by atoms with Crippen LogP contribution in [0.3, 0.4) is 0 Å². The molecule has 3 aromatic heterocycles. The quantitative estimate of drug-likeness (QED) is 0.646. The molecule has 1 unspecified atom stereocenters.